The molecule has 0 bridgehead atoms. The number of carbonyl (C=O) groups excluding carboxylic acids is 2. The number of amides is 3. The van der Waals surface area contributed by atoms with Gasteiger partial charge >= 0.3 is 12.1 Å². The highest BCUT2D eigenvalue weighted by Crippen LogP contribution is 2.26. The van der Waals surface area contributed by atoms with Gasteiger partial charge in [0, 0.05) is 12.3 Å². The lowest BCUT2D eigenvalue weighted by atomic mass is 10.1. The van der Waals surface area contributed by atoms with Crippen LogP contribution in [-0.2, 0) is 0 Å². The largest absolute Gasteiger partial charge is 0.411 e. The van der Waals surface area contributed by atoms with Crippen LogP contribution >= 0.6 is 23.2 Å². The Kier molecular flexibility index (Phi) is 5.33. The van der Waals surface area contributed by atoms with Crippen molar-refractivity contribution < 1.29 is 14.3 Å². The number of anilines is 1. The summed E-state index contributed by atoms with van der Waals surface area (Å²) in [7, 11) is 0. The molecule has 140 valence electrons. The molecule has 0 fully saturated rings. The maximum absolute atomic E-state index is 12.2. The quantitative estimate of drug-likeness (QED) is 0.522. The maximum atomic E-state index is 12.2. The molecule has 0 unspecified atom stereocenters. The fraction of sp³-hybridized carbons (Fsp3) is 0.125. The topological polar surface area (TPSA) is 135 Å². The summed E-state index contributed by atoms with van der Waals surface area (Å²) >= 11 is 11.9. The number of fused-ring (bicyclic) bond motifs is 1. The van der Waals surface area contributed by atoms with Crippen LogP contribution in [-0.4, -0.2) is 27.3 Å². The van der Waals surface area contributed by atoms with E-state index in [2.05, 4.69) is 25.8 Å². The molecule has 3 amide bonds. The van der Waals surface area contributed by atoms with Gasteiger partial charge in [0.1, 0.15) is 5.82 Å². The minimum atomic E-state index is -0.985. The number of primary amides is 1. The number of aromatic nitrogens is 3. The number of nitrogens with one attached hydrogen (secondary N) is 3. The van der Waals surface area contributed by atoms with Gasteiger partial charge in [0.15, 0.2) is 0 Å². The maximum Gasteiger partial charge on any atom is 0.411 e. The first-order valence-electron chi connectivity index (χ1n) is 7.67. The lowest BCUT2D eigenvalue weighted by Crippen LogP contribution is -2.31. The molecule has 3 rings (SSSR count). The number of hydrogen-bond acceptors (Lipinski definition) is 5. The van der Waals surface area contributed by atoms with Crippen molar-refractivity contribution >= 4 is 52.0 Å². The van der Waals surface area contributed by atoms with Gasteiger partial charge in [-0.3, -0.25) is 10.4 Å². The summed E-state index contributed by atoms with van der Waals surface area (Å²) in [6.45, 7) is 1.80. The minimum absolute atomic E-state index is 0.00856. The molecular formula is C16H14Cl2N6O3. The van der Waals surface area contributed by atoms with E-state index < -0.39 is 12.1 Å². The van der Waals surface area contributed by atoms with Crippen molar-refractivity contribution in [2.24, 2.45) is 5.73 Å². The number of urea groups is 1. The molecule has 0 spiro atoms. The first-order chi connectivity index (χ1) is 12.8. The molecule has 3 aromatic rings. The Hall–Kier alpha value is -3.04. The average molecular weight is 409 g/mol. The molecule has 11 heteroatoms. The Morgan fingerprint density at radius 2 is 2.04 bits per heavy atom. The molecule has 1 aromatic carbocycles. The Morgan fingerprint density at radius 3 is 2.74 bits per heavy atom. The summed E-state index contributed by atoms with van der Waals surface area (Å²) in [5.41, 5.74) is 6.27. The van der Waals surface area contributed by atoms with Gasteiger partial charge in [-0.2, -0.15) is 0 Å². The van der Waals surface area contributed by atoms with E-state index in [-0.39, 0.29) is 17.7 Å². The van der Waals surface area contributed by atoms with Gasteiger partial charge in [0.25, 0.3) is 5.88 Å². The van der Waals surface area contributed by atoms with Gasteiger partial charge < -0.3 is 15.8 Å². The molecule has 27 heavy (non-hydrogen) atoms. The number of nitrogens with zero attached hydrogens (tertiary/aromatic N) is 2. The summed E-state index contributed by atoms with van der Waals surface area (Å²) in [5.74, 6) is 0.282. The van der Waals surface area contributed by atoms with Gasteiger partial charge in [-0.15, -0.1) is 5.10 Å². The van der Waals surface area contributed by atoms with Crippen LogP contribution in [0, 0.1) is 0 Å². The summed E-state index contributed by atoms with van der Waals surface area (Å²) < 4.78 is 4.74. The van der Waals surface area contributed by atoms with Crippen molar-refractivity contribution in [1.29, 1.82) is 0 Å². The summed E-state index contributed by atoms with van der Waals surface area (Å²) in [6.07, 6.45) is 0.413. The van der Waals surface area contributed by atoms with Crippen LogP contribution in [0.3, 0.4) is 0 Å². The molecular weight excluding hydrogens is 395 g/mol. The van der Waals surface area contributed by atoms with Crippen LogP contribution < -0.4 is 21.1 Å². The van der Waals surface area contributed by atoms with Crippen molar-refractivity contribution in [1.82, 2.24) is 20.5 Å². The Balaban J connectivity index is 1.68. The smallest absolute Gasteiger partial charge is 0.389 e. The third-order valence-corrected chi connectivity index (χ3v) is 4.38. The second-order valence-corrected chi connectivity index (χ2v) is 6.37. The molecule has 0 aliphatic heterocycles. The minimum Gasteiger partial charge on any atom is -0.389 e. The number of halogens is 2. The molecule has 0 saturated heterocycles. The van der Waals surface area contributed by atoms with Crippen molar-refractivity contribution in [2.45, 2.75) is 13.0 Å². The zero-order valence-corrected chi connectivity index (χ0v) is 15.4. The lowest BCUT2D eigenvalue weighted by molar-refractivity contribution is 0.209. The van der Waals surface area contributed by atoms with Crippen molar-refractivity contribution in [3.8, 4) is 5.88 Å². The number of carbonyl (C=O) groups is 2. The van der Waals surface area contributed by atoms with Gasteiger partial charge in [-0.1, -0.05) is 29.3 Å². The predicted molar refractivity (Wildman–Crippen MR) is 101 cm³/mol. The normalized spacial score (nSPS) is 11.8. The van der Waals surface area contributed by atoms with E-state index in [4.69, 9.17) is 33.7 Å². The van der Waals surface area contributed by atoms with E-state index in [9.17, 15) is 9.59 Å². The van der Waals surface area contributed by atoms with E-state index in [1.165, 1.54) is 6.20 Å². The molecule has 0 aliphatic carbocycles. The van der Waals surface area contributed by atoms with Crippen LogP contribution in [0.5, 0.6) is 5.88 Å². The number of ether oxygens (including phenoxy) is 1. The Labute approximate surface area is 163 Å². The van der Waals surface area contributed by atoms with Crippen LogP contribution in [0.4, 0.5) is 15.4 Å². The van der Waals surface area contributed by atoms with Crippen LogP contribution in [0.25, 0.3) is 10.9 Å². The summed E-state index contributed by atoms with van der Waals surface area (Å²) in [5, 5.41) is 13.2. The molecule has 5 N–H and O–H groups in total. The third-order valence-electron chi connectivity index (χ3n) is 3.64. The molecule has 0 aliphatic rings. The van der Waals surface area contributed by atoms with Gasteiger partial charge in [0.2, 0.25) is 0 Å². The first-order valence-corrected chi connectivity index (χ1v) is 8.43. The second-order valence-electron chi connectivity index (χ2n) is 5.56. The highest BCUT2D eigenvalue weighted by Gasteiger charge is 2.14. The molecule has 2 aromatic heterocycles. The van der Waals surface area contributed by atoms with Gasteiger partial charge in [0.05, 0.1) is 27.0 Å². The van der Waals surface area contributed by atoms with E-state index >= 15 is 0 Å². The van der Waals surface area contributed by atoms with Crippen LogP contribution in [0.1, 0.15) is 18.5 Å². The van der Waals surface area contributed by atoms with Crippen LogP contribution in [0.2, 0.25) is 10.0 Å². The monoisotopic (exact) mass is 408 g/mol. The number of rotatable bonds is 4. The number of hydrogen-bond donors (Lipinski definition) is 4. The van der Waals surface area contributed by atoms with E-state index in [1.54, 1.807) is 31.2 Å². The molecule has 0 radical (unpaired) electrons. The predicted octanol–water partition coefficient (Wildman–Crippen LogP) is 3.60. The molecule has 1 atom stereocenters. The molecule has 2 heterocycles. The number of pyridine rings is 1. The zero-order chi connectivity index (χ0) is 19.6. The second kappa shape index (κ2) is 7.68. The fourth-order valence-corrected chi connectivity index (χ4v) is 2.65. The SMILES string of the molecule is C[C@@H](NC(=O)Nc1cc2[nH]nc(OC(N)=O)c2cn1)c1ccc(Cl)c(Cl)c1. The lowest BCUT2D eigenvalue weighted by Gasteiger charge is -2.15. The van der Waals surface area contributed by atoms with E-state index in [0.717, 1.165) is 5.56 Å². The van der Waals surface area contributed by atoms with Gasteiger partial charge in [-0.05, 0) is 24.6 Å². The van der Waals surface area contributed by atoms with Crippen molar-refractivity contribution in [2.75, 3.05) is 5.32 Å². The Morgan fingerprint density at radius 1 is 1.26 bits per heavy atom. The van der Waals surface area contributed by atoms with Gasteiger partial charge in [-0.25, -0.2) is 14.6 Å². The van der Waals surface area contributed by atoms with Crippen LogP contribution in [0.15, 0.2) is 30.5 Å². The highest BCUT2D eigenvalue weighted by molar-refractivity contribution is 6.42. The molecule has 0 saturated carbocycles. The fourth-order valence-electron chi connectivity index (χ4n) is 2.35. The van der Waals surface area contributed by atoms with Crippen molar-refractivity contribution in [3.05, 3.63) is 46.1 Å². The Bertz CT molecular complexity index is 1020. The summed E-state index contributed by atoms with van der Waals surface area (Å²) in [6, 6.07) is 5.88. The number of aromatic amines is 1. The van der Waals surface area contributed by atoms with Crippen molar-refractivity contribution in [3.63, 3.8) is 0 Å². The molecule has 9 nitrogen and oxygen atoms in total. The number of nitrogens with two attached hydrogens (primary N) is 1. The van der Waals surface area contributed by atoms with E-state index in [0.29, 0.717) is 20.9 Å². The highest BCUT2D eigenvalue weighted by atomic mass is 35.5. The first kappa shape index (κ1) is 18.7. The number of benzene rings is 1. The summed E-state index contributed by atoms with van der Waals surface area (Å²) in [4.78, 5) is 27.1. The number of H-pyrrole nitrogens is 1. The average Bonchev–Trinajstić information content (AvgIpc) is 2.98. The standard InChI is InChI=1S/C16H14Cl2N6O3/c1-7(8-2-3-10(17)11(18)4-8)21-16(26)22-13-5-12-9(6-20-13)14(24-23-12)27-15(19)25/h2-7H,1H3,(H2,19,25)(H,23,24)(H2,20,21,22,26)/t7-/m1/s1. The third kappa shape index (κ3) is 4.39. The van der Waals surface area contributed by atoms with E-state index in [1.807, 2.05) is 0 Å². The zero-order valence-electron chi connectivity index (χ0n) is 13.9.